The van der Waals surface area contributed by atoms with Gasteiger partial charge in [-0.3, -0.25) is 4.68 Å². The van der Waals surface area contributed by atoms with Crippen LogP contribution in [0.15, 0.2) is 12.3 Å². The number of rotatable bonds is 5. The monoisotopic (exact) mass is 264 g/mol. The molecule has 0 saturated heterocycles. The van der Waals surface area contributed by atoms with Crippen LogP contribution in [-0.4, -0.2) is 35.6 Å². The molecule has 0 radical (unpaired) electrons. The molecule has 104 valence electrons. The van der Waals surface area contributed by atoms with Crippen LogP contribution in [0.1, 0.15) is 36.2 Å². The zero-order chi connectivity index (χ0) is 13.2. The largest absolute Gasteiger partial charge is 0.457 e. The summed E-state index contributed by atoms with van der Waals surface area (Å²) in [5.41, 5.74) is 0.402. The van der Waals surface area contributed by atoms with Crippen molar-refractivity contribution in [1.29, 1.82) is 0 Å². The number of hydrogen-bond acceptors (Lipinski definition) is 4. The minimum Gasteiger partial charge on any atom is -0.457 e. The number of fused-ring (bicyclic) bond motifs is 2. The van der Waals surface area contributed by atoms with Crippen molar-refractivity contribution in [3.8, 4) is 0 Å². The first-order chi connectivity index (χ1) is 9.26. The maximum atomic E-state index is 12.0. The SMILES string of the molecule is COCCn1ccc(C(=O)O[C@@H]2C[C@H]3CC[C@H]2C3)n1. The van der Waals surface area contributed by atoms with Gasteiger partial charge in [0.25, 0.3) is 0 Å². The van der Waals surface area contributed by atoms with E-state index in [4.69, 9.17) is 9.47 Å². The number of carbonyl (C=O) groups is 1. The number of hydrogen-bond donors (Lipinski definition) is 0. The third-order valence-corrected chi connectivity index (χ3v) is 4.31. The summed E-state index contributed by atoms with van der Waals surface area (Å²) in [6.45, 7) is 1.24. The van der Waals surface area contributed by atoms with E-state index in [0.717, 1.165) is 12.3 Å². The van der Waals surface area contributed by atoms with Gasteiger partial charge in [0.05, 0.1) is 13.2 Å². The Morgan fingerprint density at radius 3 is 3.05 bits per heavy atom. The topological polar surface area (TPSA) is 53.4 Å². The predicted molar refractivity (Wildman–Crippen MR) is 68.8 cm³/mol. The summed E-state index contributed by atoms with van der Waals surface area (Å²) >= 11 is 0. The Hall–Kier alpha value is -1.36. The Labute approximate surface area is 112 Å². The molecular formula is C14H20N2O3. The average Bonchev–Trinajstić information content (AvgIpc) is 3.12. The highest BCUT2D eigenvalue weighted by molar-refractivity contribution is 5.87. The zero-order valence-corrected chi connectivity index (χ0v) is 11.2. The molecule has 3 atom stereocenters. The summed E-state index contributed by atoms with van der Waals surface area (Å²) in [5, 5.41) is 4.21. The molecule has 0 spiro atoms. The van der Waals surface area contributed by atoms with Crippen molar-refractivity contribution < 1.29 is 14.3 Å². The summed E-state index contributed by atoms with van der Waals surface area (Å²) in [7, 11) is 1.65. The highest BCUT2D eigenvalue weighted by Gasteiger charge is 2.41. The molecule has 0 aliphatic heterocycles. The Kier molecular flexibility index (Phi) is 3.55. The van der Waals surface area contributed by atoms with Crippen molar-refractivity contribution in [2.75, 3.05) is 13.7 Å². The molecule has 2 fully saturated rings. The van der Waals surface area contributed by atoms with Gasteiger partial charge in [-0.1, -0.05) is 0 Å². The predicted octanol–water partition coefficient (Wildman–Crippen LogP) is 1.87. The summed E-state index contributed by atoms with van der Waals surface area (Å²) in [6.07, 6.45) is 6.71. The molecule has 0 amide bonds. The van der Waals surface area contributed by atoms with E-state index in [-0.39, 0.29) is 12.1 Å². The van der Waals surface area contributed by atoms with Crippen LogP contribution in [0.5, 0.6) is 0 Å². The van der Waals surface area contributed by atoms with Gasteiger partial charge >= 0.3 is 5.97 Å². The number of esters is 1. The summed E-state index contributed by atoms with van der Waals surface area (Å²) in [5.74, 6) is 1.08. The molecule has 1 heterocycles. The second-order valence-electron chi connectivity index (χ2n) is 5.58. The van der Waals surface area contributed by atoms with Crippen LogP contribution in [0, 0.1) is 11.8 Å². The maximum absolute atomic E-state index is 12.0. The third kappa shape index (κ3) is 2.66. The number of aromatic nitrogens is 2. The van der Waals surface area contributed by atoms with E-state index in [1.165, 1.54) is 19.3 Å². The second kappa shape index (κ2) is 5.33. The number of nitrogens with zero attached hydrogens (tertiary/aromatic N) is 2. The van der Waals surface area contributed by atoms with E-state index in [1.807, 2.05) is 0 Å². The molecule has 1 aromatic rings. The minimum absolute atomic E-state index is 0.121. The molecule has 0 aromatic carbocycles. The van der Waals surface area contributed by atoms with Crippen molar-refractivity contribution in [2.24, 2.45) is 11.8 Å². The van der Waals surface area contributed by atoms with Crippen LogP contribution in [0.2, 0.25) is 0 Å². The van der Waals surface area contributed by atoms with E-state index in [9.17, 15) is 4.79 Å². The number of ether oxygens (including phenoxy) is 2. The fourth-order valence-corrected chi connectivity index (χ4v) is 3.31. The molecule has 19 heavy (non-hydrogen) atoms. The van der Waals surface area contributed by atoms with Gasteiger partial charge in [-0.2, -0.15) is 5.10 Å². The highest BCUT2D eigenvalue weighted by atomic mass is 16.5. The maximum Gasteiger partial charge on any atom is 0.359 e. The van der Waals surface area contributed by atoms with E-state index < -0.39 is 0 Å². The van der Waals surface area contributed by atoms with Crippen molar-refractivity contribution in [3.63, 3.8) is 0 Å². The molecule has 5 nitrogen and oxygen atoms in total. The van der Waals surface area contributed by atoms with Gasteiger partial charge < -0.3 is 9.47 Å². The number of carbonyl (C=O) groups excluding carboxylic acids is 1. The van der Waals surface area contributed by atoms with Crippen LogP contribution in [0.3, 0.4) is 0 Å². The molecule has 2 saturated carbocycles. The zero-order valence-electron chi connectivity index (χ0n) is 11.2. The normalized spacial score (nSPS) is 28.8. The van der Waals surface area contributed by atoms with E-state index in [0.29, 0.717) is 24.8 Å². The lowest BCUT2D eigenvalue weighted by molar-refractivity contribution is 0.0151. The first-order valence-corrected chi connectivity index (χ1v) is 6.99. The van der Waals surface area contributed by atoms with Crippen LogP contribution in [0.4, 0.5) is 0 Å². The Balaban J connectivity index is 1.56. The molecular weight excluding hydrogens is 244 g/mol. The Morgan fingerprint density at radius 2 is 2.37 bits per heavy atom. The lowest BCUT2D eigenvalue weighted by atomic mass is 9.98. The lowest BCUT2D eigenvalue weighted by Crippen LogP contribution is -2.24. The van der Waals surface area contributed by atoms with E-state index in [2.05, 4.69) is 5.10 Å². The van der Waals surface area contributed by atoms with Crippen molar-refractivity contribution in [3.05, 3.63) is 18.0 Å². The van der Waals surface area contributed by atoms with Gasteiger partial charge in [0.2, 0.25) is 0 Å². The fraction of sp³-hybridized carbons (Fsp3) is 0.714. The van der Waals surface area contributed by atoms with Gasteiger partial charge in [-0.05, 0) is 43.6 Å². The summed E-state index contributed by atoms with van der Waals surface area (Å²) < 4.78 is 12.3. The van der Waals surface area contributed by atoms with Gasteiger partial charge in [-0.25, -0.2) is 4.79 Å². The second-order valence-corrected chi connectivity index (χ2v) is 5.58. The number of methoxy groups -OCH3 is 1. The molecule has 0 unspecified atom stereocenters. The van der Waals surface area contributed by atoms with Crippen LogP contribution >= 0.6 is 0 Å². The van der Waals surface area contributed by atoms with Crippen LogP contribution < -0.4 is 0 Å². The van der Waals surface area contributed by atoms with Crippen molar-refractivity contribution in [2.45, 2.75) is 38.3 Å². The molecule has 5 heteroatoms. The third-order valence-electron chi connectivity index (χ3n) is 4.31. The molecule has 2 bridgehead atoms. The fourth-order valence-electron chi connectivity index (χ4n) is 3.31. The molecule has 2 aliphatic rings. The molecule has 2 aliphatic carbocycles. The molecule has 1 aromatic heterocycles. The van der Waals surface area contributed by atoms with E-state index in [1.54, 1.807) is 24.1 Å². The quantitative estimate of drug-likeness (QED) is 0.762. The Morgan fingerprint density at radius 1 is 1.47 bits per heavy atom. The highest BCUT2D eigenvalue weighted by Crippen LogP contribution is 2.45. The van der Waals surface area contributed by atoms with Gasteiger partial charge in [0.1, 0.15) is 6.10 Å². The minimum atomic E-state index is -0.284. The Bertz CT molecular complexity index is 457. The first kappa shape index (κ1) is 12.7. The van der Waals surface area contributed by atoms with Crippen molar-refractivity contribution in [1.82, 2.24) is 9.78 Å². The summed E-state index contributed by atoms with van der Waals surface area (Å²) in [6, 6.07) is 1.71. The summed E-state index contributed by atoms with van der Waals surface area (Å²) in [4.78, 5) is 12.0. The van der Waals surface area contributed by atoms with Gasteiger partial charge in [-0.15, -0.1) is 0 Å². The molecule has 0 N–H and O–H groups in total. The van der Waals surface area contributed by atoms with E-state index >= 15 is 0 Å². The average molecular weight is 264 g/mol. The van der Waals surface area contributed by atoms with Gasteiger partial charge in [0.15, 0.2) is 5.69 Å². The van der Waals surface area contributed by atoms with Crippen LogP contribution in [-0.2, 0) is 16.0 Å². The van der Waals surface area contributed by atoms with Crippen LogP contribution in [0.25, 0.3) is 0 Å². The smallest absolute Gasteiger partial charge is 0.359 e. The van der Waals surface area contributed by atoms with Crippen molar-refractivity contribution >= 4 is 5.97 Å². The lowest BCUT2D eigenvalue weighted by Gasteiger charge is -2.21. The first-order valence-electron chi connectivity index (χ1n) is 6.99. The molecule has 3 rings (SSSR count). The standard InChI is InChI=1S/C14H20N2O3/c1-18-7-6-16-5-4-12(15-16)14(17)19-13-9-10-2-3-11(13)8-10/h4-5,10-11,13H,2-3,6-9H2,1H3/t10-,11-,13+/m0/s1. The van der Waals surface area contributed by atoms with Gasteiger partial charge in [0, 0.05) is 13.3 Å².